The van der Waals surface area contributed by atoms with Crippen molar-refractivity contribution in [2.75, 3.05) is 13.2 Å². The van der Waals surface area contributed by atoms with Gasteiger partial charge in [-0.2, -0.15) is 0 Å². The van der Waals surface area contributed by atoms with Gasteiger partial charge in [0, 0.05) is 6.54 Å². The van der Waals surface area contributed by atoms with Crippen LogP contribution in [0.3, 0.4) is 0 Å². The van der Waals surface area contributed by atoms with Crippen LogP contribution in [0.5, 0.6) is 0 Å². The monoisotopic (exact) mass is 235 g/mol. The fraction of sp³-hybridized carbons (Fsp3) is 0.462. The number of hydrogen-bond donors (Lipinski definition) is 2. The van der Waals surface area contributed by atoms with Gasteiger partial charge in [0.1, 0.15) is 0 Å². The molecule has 0 bridgehead atoms. The molecule has 1 aromatic rings. The van der Waals surface area contributed by atoms with E-state index >= 15 is 0 Å². The van der Waals surface area contributed by atoms with Crippen molar-refractivity contribution in [2.45, 2.75) is 25.0 Å². The molecular formula is C13H17NO3. The zero-order valence-corrected chi connectivity index (χ0v) is 9.62. The summed E-state index contributed by atoms with van der Waals surface area (Å²) in [5, 5.41) is 19.2. The van der Waals surface area contributed by atoms with Gasteiger partial charge in [-0.15, -0.1) is 0 Å². The molecule has 92 valence electrons. The van der Waals surface area contributed by atoms with E-state index in [1.807, 2.05) is 6.07 Å². The zero-order valence-electron chi connectivity index (χ0n) is 9.62. The fourth-order valence-electron chi connectivity index (χ4n) is 2.25. The maximum atomic E-state index is 12.1. The summed E-state index contributed by atoms with van der Waals surface area (Å²) < 4.78 is 0. The predicted octanol–water partition coefficient (Wildman–Crippen LogP) is 0.703. The maximum absolute atomic E-state index is 12.1. The zero-order chi connectivity index (χ0) is 12.3. The number of aliphatic hydroxyl groups is 2. The van der Waals surface area contributed by atoms with Crippen LogP contribution >= 0.6 is 0 Å². The number of aliphatic hydroxyl groups excluding tert-OH is 2. The molecular weight excluding hydrogens is 218 g/mol. The second-order valence-corrected chi connectivity index (χ2v) is 4.32. The molecule has 0 radical (unpaired) electrons. The molecule has 2 rings (SSSR count). The van der Waals surface area contributed by atoms with Crippen molar-refractivity contribution in [3.8, 4) is 0 Å². The van der Waals surface area contributed by atoms with Gasteiger partial charge in [0.2, 0.25) is 0 Å². The highest BCUT2D eigenvalue weighted by molar-refractivity contribution is 5.82. The first-order valence-electron chi connectivity index (χ1n) is 5.88. The molecule has 1 aliphatic rings. The summed E-state index contributed by atoms with van der Waals surface area (Å²) in [5.41, 5.74) is 0.598. The molecule has 0 aromatic heterocycles. The quantitative estimate of drug-likeness (QED) is 0.811. The third-order valence-corrected chi connectivity index (χ3v) is 3.22. The van der Waals surface area contributed by atoms with Gasteiger partial charge in [-0.3, -0.25) is 4.79 Å². The van der Waals surface area contributed by atoms with Crippen LogP contribution in [0.25, 0.3) is 0 Å². The average molecular weight is 235 g/mol. The number of carbonyl (C=O) groups excluding carboxylic acids is 1. The van der Waals surface area contributed by atoms with Crippen LogP contribution in [0.2, 0.25) is 0 Å². The van der Waals surface area contributed by atoms with Crippen molar-refractivity contribution >= 4 is 5.91 Å². The molecule has 17 heavy (non-hydrogen) atoms. The molecule has 1 aliphatic heterocycles. The molecule has 1 saturated heterocycles. The van der Waals surface area contributed by atoms with E-state index in [1.165, 1.54) is 0 Å². The second-order valence-electron chi connectivity index (χ2n) is 4.32. The average Bonchev–Trinajstić information content (AvgIpc) is 2.86. The summed E-state index contributed by atoms with van der Waals surface area (Å²) in [7, 11) is 0. The molecule has 1 fully saturated rings. The lowest BCUT2D eigenvalue weighted by Gasteiger charge is -2.25. The summed E-state index contributed by atoms with van der Waals surface area (Å²) in [6.45, 7) is 0.585. The summed E-state index contributed by atoms with van der Waals surface area (Å²) in [6, 6.07) is 8.74. The highest BCUT2D eigenvalue weighted by Gasteiger charge is 2.32. The first-order valence-corrected chi connectivity index (χ1v) is 5.88. The van der Waals surface area contributed by atoms with Crippen LogP contribution in [0, 0.1) is 0 Å². The van der Waals surface area contributed by atoms with E-state index in [1.54, 1.807) is 29.2 Å². The number of carbonyl (C=O) groups is 1. The summed E-state index contributed by atoms with van der Waals surface area (Å²) in [4.78, 5) is 13.7. The number of hydrogen-bond acceptors (Lipinski definition) is 3. The van der Waals surface area contributed by atoms with E-state index in [4.69, 9.17) is 5.11 Å². The second kappa shape index (κ2) is 5.29. The smallest absolute Gasteiger partial charge is 0.256 e. The summed E-state index contributed by atoms with van der Waals surface area (Å²) >= 11 is 0. The molecule has 1 heterocycles. The molecule has 2 atom stereocenters. The van der Waals surface area contributed by atoms with Crippen molar-refractivity contribution in [1.29, 1.82) is 0 Å². The van der Waals surface area contributed by atoms with E-state index in [-0.39, 0.29) is 18.6 Å². The molecule has 1 amide bonds. The molecule has 4 heteroatoms. The minimum atomic E-state index is -1.12. The maximum Gasteiger partial charge on any atom is 0.256 e. The number of likely N-dealkylation sites (tertiary alicyclic amines) is 1. The Balaban J connectivity index is 2.10. The molecule has 1 aromatic carbocycles. The van der Waals surface area contributed by atoms with Crippen LogP contribution in [0.4, 0.5) is 0 Å². The molecule has 0 saturated carbocycles. The van der Waals surface area contributed by atoms with Crippen molar-refractivity contribution < 1.29 is 15.0 Å². The minimum Gasteiger partial charge on any atom is -0.394 e. The third-order valence-electron chi connectivity index (χ3n) is 3.22. The first-order chi connectivity index (χ1) is 8.24. The lowest BCUT2D eigenvalue weighted by atomic mass is 10.1. The van der Waals surface area contributed by atoms with Gasteiger partial charge in [-0.25, -0.2) is 0 Å². The van der Waals surface area contributed by atoms with Crippen molar-refractivity contribution in [2.24, 2.45) is 0 Å². The number of amides is 1. The van der Waals surface area contributed by atoms with Crippen molar-refractivity contribution in [1.82, 2.24) is 4.90 Å². The Kier molecular flexibility index (Phi) is 3.76. The Morgan fingerprint density at radius 1 is 1.41 bits per heavy atom. The van der Waals surface area contributed by atoms with Gasteiger partial charge >= 0.3 is 0 Å². The SMILES string of the molecule is O=C(C(O)c1ccccc1)N1CCC[C@H]1CO. The number of nitrogens with zero attached hydrogens (tertiary/aromatic N) is 1. The van der Waals surface area contributed by atoms with Crippen LogP contribution in [-0.4, -0.2) is 40.2 Å². The van der Waals surface area contributed by atoms with Gasteiger partial charge in [-0.1, -0.05) is 30.3 Å². The minimum absolute atomic E-state index is 0.0345. The number of benzene rings is 1. The standard InChI is InChI=1S/C13H17NO3/c15-9-11-7-4-8-14(11)13(17)12(16)10-5-2-1-3-6-10/h1-3,5-6,11-12,15-16H,4,7-9H2/t11-,12?/m0/s1. The predicted molar refractivity (Wildman–Crippen MR) is 63.2 cm³/mol. The van der Waals surface area contributed by atoms with Crippen molar-refractivity contribution in [3.63, 3.8) is 0 Å². The fourth-order valence-corrected chi connectivity index (χ4v) is 2.25. The first kappa shape index (κ1) is 12.1. The summed E-state index contributed by atoms with van der Waals surface area (Å²) in [5.74, 6) is -0.312. The van der Waals surface area contributed by atoms with E-state index in [0.717, 1.165) is 12.8 Å². The Morgan fingerprint density at radius 2 is 2.12 bits per heavy atom. The van der Waals surface area contributed by atoms with E-state index < -0.39 is 6.10 Å². The lowest BCUT2D eigenvalue weighted by Crippen LogP contribution is -2.40. The largest absolute Gasteiger partial charge is 0.394 e. The van der Waals surface area contributed by atoms with E-state index in [9.17, 15) is 9.90 Å². The van der Waals surface area contributed by atoms with Crippen LogP contribution in [0.1, 0.15) is 24.5 Å². The normalized spacial score (nSPS) is 21.5. The van der Waals surface area contributed by atoms with E-state index in [0.29, 0.717) is 12.1 Å². The molecule has 1 unspecified atom stereocenters. The van der Waals surface area contributed by atoms with Crippen LogP contribution in [-0.2, 0) is 4.79 Å². The Hall–Kier alpha value is -1.39. The van der Waals surface area contributed by atoms with Crippen LogP contribution in [0.15, 0.2) is 30.3 Å². The topological polar surface area (TPSA) is 60.8 Å². The van der Waals surface area contributed by atoms with Crippen molar-refractivity contribution in [3.05, 3.63) is 35.9 Å². The number of rotatable bonds is 3. The lowest BCUT2D eigenvalue weighted by molar-refractivity contribution is -0.142. The Morgan fingerprint density at radius 3 is 2.76 bits per heavy atom. The molecule has 0 aliphatic carbocycles. The van der Waals surface area contributed by atoms with Gasteiger partial charge < -0.3 is 15.1 Å². The van der Waals surface area contributed by atoms with Gasteiger partial charge in [0.25, 0.3) is 5.91 Å². The third kappa shape index (κ3) is 2.48. The molecule has 4 nitrogen and oxygen atoms in total. The van der Waals surface area contributed by atoms with Gasteiger partial charge in [0.15, 0.2) is 6.10 Å². The molecule has 0 spiro atoms. The highest BCUT2D eigenvalue weighted by atomic mass is 16.3. The van der Waals surface area contributed by atoms with E-state index in [2.05, 4.69) is 0 Å². The van der Waals surface area contributed by atoms with Gasteiger partial charge in [0.05, 0.1) is 12.6 Å². The Labute approximate surface area is 100 Å². The van der Waals surface area contributed by atoms with Gasteiger partial charge in [-0.05, 0) is 18.4 Å². The summed E-state index contributed by atoms with van der Waals surface area (Å²) in [6.07, 6.45) is 0.575. The van der Waals surface area contributed by atoms with Crippen LogP contribution < -0.4 is 0 Å². The Bertz CT molecular complexity index is 380. The highest BCUT2D eigenvalue weighted by Crippen LogP contribution is 2.22. The molecule has 2 N–H and O–H groups in total.